The van der Waals surface area contributed by atoms with Crippen molar-refractivity contribution in [3.05, 3.63) is 74.8 Å². The number of benzene rings is 2. The first-order valence-corrected chi connectivity index (χ1v) is 9.71. The van der Waals surface area contributed by atoms with E-state index in [2.05, 4.69) is 25.9 Å². The molecule has 1 aliphatic rings. The van der Waals surface area contributed by atoms with Crippen molar-refractivity contribution < 1.29 is 14.0 Å². The maximum atomic E-state index is 13.1. The van der Waals surface area contributed by atoms with Crippen molar-refractivity contribution in [2.45, 2.75) is 19.3 Å². The number of halogens is 2. The van der Waals surface area contributed by atoms with Gasteiger partial charge >= 0.3 is 0 Å². The van der Waals surface area contributed by atoms with Crippen molar-refractivity contribution in [3.63, 3.8) is 0 Å². The molecule has 1 unspecified atom stereocenters. The molecular weight excluding hydrogens is 425 g/mol. The van der Waals surface area contributed by atoms with Gasteiger partial charge in [-0.3, -0.25) is 19.4 Å². The Kier molecular flexibility index (Phi) is 5.43. The predicted molar refractivity (Wildman–Crippen MR) is 115 cm³/mol. The second-order valence-corrected chi connectivity index (χ2v) is 7.50. The molecule has 1 aromatic heterocycles. The molecule has 2 aromatic carbocycles. The smallest absolute Gasteiger partial charge is 0.258 e. The SMILES string of the molecule is Cc1ccc(Cl)cc1NC(=O)C1CC(=O)Nc2nc(Nc3ccc(F)cc3)[nH]c(=O)c21. The molecule has 4 N–H and O–H groups in total. The lowest BCUT2D eigenvalue weighted by molar-refractivity contribution is -0.123. The summed E-state index contributed by atoms with van der Waals surface area (Å²) in [6.07, 6.45) is -0.200. The summed E-state index contributed by atoms with van der Waals surface area (Å²) in [4.78, 5) is 44.7. The predicted octanol–water partition coefficient (Wildman–Crippen LogP) is 3.68. The molecule has 0 spiro atoms. The number of aryl methyl sites for hydroxylation is 1. The molecule has 10 heteroatoms. The van der Waals surface area contributed by atoms with Gasteiger partial charge in [-0.25, -0.2) is 4.39 Å². The first-order chi connectivity index (χ1) is 14.8. The fraction of sp³-hybridized carbons (Fsp3) is 0.143. The Bertz CT molecular complexity index is 1240. The summed E-state index contributed by atoms with van der Waals surface area (Å²) in [5.41, 5.74) is 1.24. The molecule has 3 aromatic rings. The third kappa shape index (κ3) is 4.41. The normalized spacial score (nSPS) is 15.1. The van der Waals surface area contributed by atoms with Gasteiger partial charge < -0.3 is 16.0 Å². The number of hydrogen-bond acceptors (Lipinski definition) is 5. The topological polar surface area (TPSA) is 116 Å². The number of nitrogens with one attached hydrogen (secondary N) is 4. The van der Waals surface area contributed by atoms with Gasteiger partial charge in [0.05, 0.1) is 11.5 Å². The molecule has 31 heavy (non-hydrogen) atoms. The van der Waals surface area contributed by atoms with Crippen LogP contribution in [-0.4, -0.2) is 21.8 Å². The molecule has 2 amide bonds. The monoisotopic (exact) mass is 441 g/mol. The van der Waals surface area contributed by atoms with Crippen molar-refractivity contribution in [2.75, 3.05) is 16.0 Å². The number of nitrogens with zero attached hydrogens (tertiary/aromatic N) is 1. The highest BCUT2D eigenvalue weighted by molar-refractivity contribution is 6.31. The van der Waals surface area contributed by atoms with E-state index in [-0.39, 0.29) is 23.8 Å². The quantitative estimate of drug-likeness (QED) is 0.493. The largest absolute Gasteiger partial charge is 0.326 e. The lowest BCUT2D eigenvalue weighted by atomic mass is 9.92. The summed E-state index contributed by atoms with van der Waals surface area (Å²) in [6.45, 7) is 1.80. The Morgan fingerprint density at radius 1 is 1.19 bits per heavy atom. The summed E-state index contributed by atoms with van der Waals surface area (Å²) < 4.78 is 13.1. The van der Waals surface area contributed by atoms with Gasteiger partial charge in [-0.15, -0.1) is 0 Å². The number of hydrogen-bond donors (Lipinski definition) is 4. The molecule has 0 saturated heterocycles. The number of aromatic amines is 1. The molecule has 1 atom stereocenters. The average molecular weight is 442 g/mol. The van der Waals surface area contributed by atoms with E-state index < -0.39 is 29.1 Å². The van der Waals surface area contributed by atoms with Gasteiger partial charge in [0.2, 0.25) is 17.8 Å². The number of fused-ring (bicyclic) bond motifs is 1. The Morgan fingerprint density at radius 3 is 2.68 bits per heavy atom. The van der Waals surface area contributed by atoms with E-state index in [4.69, 9.17) is 11.6 Å². The Balaban J connectivity index is 1.65. The number of H-pyrrole nitrogens is 1. The van der Waals surface area contributed by atoms with Crippen LogP contribution in [0.5, 0.6) is 0 Å². The summed E-state index contributed by atoms with van der Waals surface area (Å²) in [7, 11) is 0. The minimum atomic E-state index is -1.03. The van der Waals surface area contributed by atoms with Crippen LogP contribution in [0.4, 0.5) is 27.5 Å². The van der Waals surface area contributed by atoms with Gasteiger partial charge in [-0.05, 0) is 48.9 Å². The van der Waals surface area contributed by atoms with Crippen LogP contribution in [0.15, 0.2) is 47.3 Å². The van der Waals surface area contributed by atoms with E-state index in [0.29, 0.717) is 16.4 Å². The van der Waals surface area contributed by atoms with Crippen molar-refractivity contribution in [2.24, 2.45) is 0 Å². The molecule has 1 aliphatic heterocycles. The molecule has 8 nitrogen and oxygen atoms in total. The lowest BCUT2D eigenvalue weighted by Gasteiger charge is -2.24. The zero-order valence-electron chi connectivity index (χ0n) is 16.3. The second-order valence-electron chi connectivity index (χ2n) is 7.06. The van der Waals surface area contributed by atoms with Crippen LogP contribution in [0.2, 0.25) is 5.02 Å². The maximum Gasteiger partial charge on any atom is 0.258 e. The number of carbonyl (C=O) groups excluding carboxylic acids is 2. The summed E-state index contributed by atoms with van der Waals surface area (Å²) in [5, 5.41) is 8.55. The molecule has 0 saturated carbocycles. The number of amides is 2. The van der Waals surface area contributed by atoms with Gasteiger partial charge in [0.15, 0.2) is 0 Å². The van der Waals surface area contributed by atoms with Gasteiger partial charge in [-0.2, -0.15) is 4.98 Å². The van der Waals surface area contributed by atoms with Crippen molar-refractivity contribution in [3.8, 4) is 0 Å². The molecule has 158 valence electrons. The van der Waals surface area contributed by atoms with Gasteiger partial charge in [0.25, 0.3) is 5.56 Å². The number of rotatable bonds is 4. The highest BCUT2D eigenvalue weighted by atomic mass is 35.5. The molecular formula is C21H17ClFN5O3. The van der Waals surface area contributed by atoms with E-state index >= 15 is 0 Å². The summed E-state index contributed by atoms with van der Waals surface area (Å²) in [6, 6.07) is 10.5. The van der Waals surface area contributed by atoms with Crippen LogP contribution >= 0.6 is 11.6 Å². The first kappa shape index (κ1) is 20.5. The van der Waals surface area contributed by atoms with Crippen molar-refractivity contribution in [1.29, 1.82) is 0 Å². The molecule has 0 bridgehead atoms. The molecule has 0 aliphatic carbocycles. The van der Waals surface area contributed by atoms with Crippen molar-refractivity contribution >= 4 is 46.6 Å². The second kappa shape index (κ2) is 8.19. The van der Waals surface area contributed by atoms with Crippen LogP contribution in [0.1, 0.15) is 23.5 Å². The zero-order chi connectivity index (χ0) is 22.1. The third-order valence-corrected chi connectivity index (χ3v) is 5.07. The number of carbonyl (C=O) groups is 2. The highest BCUT2D eigenvalue weighted by Gasteiger charge is 2.35. The minimum Gasteiger partial charge on any atom is -0.326 e. The maximum absolute atomic E-state index is 13.1. The summed E-state index contributed by atoms with van der Waals surface area (Å²) >= 11 is 6.00. The number of anilines is 4. The average Bonchev–Trinajstić information content (AvgIpc) is 2.71. The Labute approximate surface area is 180 Å². The van der Waals surface area contributed by atoms with Crippen LogP contribution in [-0.2, 0) is 9.59 Å². The lowest BCUT2D eigenvalue weighted by Crippen LogP contribution is -2.36. The highest BCUT2D eigenvalue weighted by Crippen LogP contribution is 2.31. The fourth-order valence-corrected chi connectivity index (χ4v) is 3.45. The van der Waals surface area contributed by atoms with E-state index in [1.165, 1.54) is 24.3 Å². The van der Waals surface area contributed by atoms with Crippen LogP contribution in [0.3, 0.4) is 0 Å². The zero-order valence-corrected chi connectivity index (χ0v) is 17.0. The molecule has 2 heterocycles. The van der Waals surface area contributed by atoms with E-state index in [0.717, 1.165) is 5.56 Å². The Morgan fingerprint density at radius 2 is 1.94 bits per heavy atom. The van der Waals surface area contributed by atoms with Gasteiger partial charge in [0, 0.05) is 22.8 Å². The van der Waals surface area contributed by atoms with Gasteiger partial charge in [0.1, 0.15) is 11.6 Å². The molecule has 0 fully saturated rings. The third-order valence-electron chi connectivity index (χ3n) is 4.83. The summed E-state index contributed by atoms with van der Waals surface area (Å²) in [5.74, 6) is -2.36. The van der Waals surface area contributed by atoms with E-state index in [1.54, 1.807) is 25.1 Å². The number of aromatic nitrogens is 2. The Hall–Kier alpha value is -3.72. The minimum absolute atomic E-state index is 0.00687. The van der Waals surface area contributed by atoms with E-state index in [1.807, 2.05) is 0 Å². The first-order valence-electron chi connectivity index (χ1n) is 9.34. The molecule has 0 radical (unpaired) electrons. The van der Waals surface area contributed by atoms with Crippen LogP contribution in [0.25, 0.3) is 0 Å². The van der Waals surface area contributed by atoms with E-state index in [9.17, 15) is 18.8 Å². The molecule has 4 rings (SSSR count). The fourth-order valence-electron chi connectivity index (χ4n) is 3.27. The van der Waals surface area contributed by atoms with Crippen LogP contribution in [0, 0.1) is 12.7 Å². The standard InChI is InChI=1S/C21H17ClFN5O3/c1-10-2-3-11(22)8-15(10)25-19(30)14-9-16(29)26-18-17(14)20(31)28-21(27-18)24-13-6-4-12(23)5-7-13/h2-8,14H,9H2,1H3,(H,25,30)(H3,24,26,27,28,29,31). The van der Waals surface area contributed by atoms with Crippen LogP contribution < -0.4 is 21.5 Å². The van der Waals surface area contributed by atoms with Crippen molar-refractivity contribution in [1.82, 2.24) is 9.97 Å². The van der Waals surface area contributed by atoms with Gasteiger partial charge in [-0.1, -0.05) is 17.7 Å².